The molecule has 148 valence electrons. The third-order valence-corrected chi connectivity index (χ3v) is 9.76. The molecular formula is C23H27NO4. The predicted molar refractivity (Wildman–Crippen MR) is 101 cm³/mol. The molecule has 5 nitrogen and oxygen atoms in total. The number of hydrogen-bond donors (Lipinski definition) is 0. The minimum atomic E-state index is -0.511. The predicted octanol–water partition coefficient (Wildman–Crippen LogP) is 3.50. The Labute approximate surface area is 165 Å². The van der Waals surface area contributed by atoms with Crippen molar-refractivity contribution in [2.75, 3.05) is 0 Å². The number of allylic oxidation sites excluding steroid dienone is 3. The average Bonchev–Trinajstić information content (AvgIpc) is 3.41. The summed E-state index contributed by atoms with van der Waals surface area (Å²) in [6.45, 7) is 8.49. The first-order valence-electron chi connectivity index (χ1n) is 10.7. The number of ketones is 1. The van der Waals surface area contributed by atoms with Crippen molar-refractivity contribution in [3.63, 3.8) is 0 Å². The monoisotopic (exact) mass is 381 g/mol. The molecule has 0 unspecified atom stereocenters. The Morgan fingerprint density at radius 1 is 1.14 bits per heavy atom. The Morgan fingerprint density at radius 2 is 1.82 bits per heavy atom. The van der Waals surface area contributed by atoms with E-state index in [1.54, 1.807) is 6.92 Å². The van der Waals surface area contributed by atoms with Crippen LogP contribution in [0.3, 0.4) is 0 Å². The van der Waals surface area contributed by atoms with Gasteiger partial charge >= 0.3 is 6.09 Å². The van der Waals surface area contributed by atoms with Crippen molar-refractivity contribution in [2.45, 2.75) is 59.1 Å². The van der Waals surface area contributed by atoms with E-state index in [9.17, 15) is 14.4 Å². The lowest BCUT2D eigenvalue weighted by Crippen LogP contribution is -2.51. The Morgan fingerprint density at radius 3 is 2.54 bits per heavy atom. The van der Waals surface area contributed by atoms with Crippen LogP contribution < -0.4 is 0 Å². The molecule has 2 amide bonds. The summed E-state index contributed by atoms with van der Waals surface area (Å²) in [4.78, 5) is 41.0. The van der Waals surface area contributed by atoms with E-state index < -0.39 is 6.09 Å². The van der Waals surface area contributed by atoms with Gasteiger partial charge in [-0.2, -0.15) is 0 Å². The van der Waals surface area contributed by atoms with Crippen LogP contribution in [0.1, 0.15) is 47.0 Å². The van der Waals surface area contributed by atoms with Crippen molar-refractivity contribution in [3.8, 4) is 0 Å². The van der Waals surface area contributed by atoms with Gasteiger partial charge in [-0.15, -0.1) is 0 Å². The number of nitrogens with zero attached hydrogens (tertiary/aromatic N) is 1. The Kier molecular flexibility index (Phi) is 2.91. The van der Waals surface area contributed by atoms with E-state index in [0.29, 0.717) is 17.1 Å². The van der Waals surface area contributed by atoms with Crippen molar-refractivity contribution in [2.24, 2.45) is 40.4 Å². The molecule has 6 rings (SSSR count). The molecule has 3 saturated carbocycles. The molecule has 6 aliphatic rings. The molecule has 0 aromatic heterocycles. The summed E-state index contributed by atoms with van der Waals surface area (Å²) in [5.74, 6) is 0.478. The third kappa shape index (κ3) is 1.58. The lowest BCUT2D eigenvalue weighted by Gasteiger charge is -2.40. The van der Waals surface area contributed by atoms with E-state index in [1.165, 1.54) is 4.90 Å². The van der Waals surface area contributed by atoms with Crippen molar-refractivity contribution in [3.05, 3.63) is 23.3 Å². The fraction of sp³-hybridized carbons (Fsp3) is 0.696. The van der Waals surface area contributed by atoms with Crippen LogP contribution in [-0.4, -0.2) is 34.8 Å². The molecule has 5 aliphatic carbocycles. The smallest absolute Gasteiger partial charge is 0.417 e. The van der Waals surface area contributed by atoms with Gasteiger partial charge in [0, 0.05) is 28.9 Å². The SMILES string of the molecule is CC1=C(C(=O)N2C(=O)O[C@@H]3[C@H]4CC[C@@](C)([C@@H]32)C4(C)C)[C@H]2[C@@H](C1=O)[C@@H]1C=C[C@H]2C1. The highest BCUT2D eigenvalue weighted by Gasteiger charge is 2.73. The van der Waals surface area contributed by atoms with Crippen LogP contribution in [0, 0.1) is 40.4 Å². The van der Waals surface area contributed by atoms with Crippen molar-refractivity contribution in [1.29, 1.82) is 0 Å². The Balaban J connectivity index is 1.42. The lowest BCUT2D eigenvalue weighted by molar-refractivity contribution is -0.128. The summed E-state index contributed by atoms with van der Waals surface area (Å²) < 4.78 is 5.79. The molecule has 4 bridgehead atoms. The number of imide groups is 1. The number of rotatable bonds is 1. The molecule has 0 aromatic carbocycles. The van der Waals surface area contributed by atoms with Crippen LogP contribution in [0.15, 0.2) is 23.3 Å². The minimum absolute atomic E-state index is 0.0220. The number of hydrogen-bond acceptors (Lipinski definition) is 4. The zero-order valence-electron chi connectivity index (χ0n) is 16.9. The van der Waals surface area contributed by atoms with E-state index in [4.69, 9.17) is 4.74 Å². The third-order valence-electron chi connectivity index (χ3n) is 9.76. The van der Waals surface area contributed by atoms with Crippen LogP contribution >= 0.6 is 0 Å². The van der Waals surface area contributed by atoms with E-state index in [-0.39, 0.29) is 58.3 Å². The lowest BCUT2D eigenvalue weighted by atomic mass is 9.68. The molecule has 1 aliphatic heterocycles. The fourth-order valence-electron chi connectivity index (χ4n) is 7.96. The maximum absolute atomic E-state index is 13.8. The summed E-state index contributed by atoms with van der Waals surface area (Å²) in [7, 11) is 0. The van der Waals surface area contributed by atoms with Gasteiger partial charge in [-0.05, 0) is 48.9 Å². The summed E-state index contributed by atoms with van der Waals surface area (Å²) in [5, 5.41) is 0. The number of amides is 2. The van der Waals surface area contributed by atoms with E-state index >= 15 is 0 Å². The normalized spacial score (nSPS) is 49.3. The van der Waals surface area contributed by atoms with Gasteiger partial charge in [0.05, 0.1) is 6.04 Å². The van der Waals surface area contributed by atoms with Gasteiger partial charge in [-0.25, -0.2) is 9.69 Å². The Hall–Kier alpha value is -1.91. The molecule has 28 heavy (non-hydrogen) atoms. The summed E-state index contributed by atoms with van der Waals surface area (Å²) in [5.41, 5.74) is 1.04. The van der Waals surface area contributed by atoms with Gasteiger partial charge < -0.3 is 4.74 Å². The first-order valence-corrected chi connectivity index (χ1v) is 10.7. The standard InChI is InChI=1S/C23H27NO4/c1-10-14(15-11-5-6-12(9-11)16(15)17(10)25)20(26)24-19-18(28-21(24)27)13-7-8-23(19,4)22(13,2)3/h5-6,11-13,15-16,18-19H,7-9H2,1-4H3/t11-,12+,13+,15-,16-,18+,19+,23-/m0/s1. The highest BCUT2D eigenvalue weighted by Crippen LogP contribution is 2.69. The van der Waals surface area contributed by atoms with Gasteiger partial charge in [-0.1, -0.05) is 32.9 Å². The summed E-state index contributed by atoms with van der Waals surface area (Å²) in [6, 6.07) is -0.218. The fourth-order valence-corrected chi connectivity index (χ4v) is 7.96. The maximum Gasteiger partial charge on any atom is 0.417 e. The first kappa shape index (κ1) is 17.0. The molecule has 1 saturated heterocycles. The molecule has 5 heteroatoms. The molecular weight excluding hydrogens is 354 g/mol. The van der Waals surface area contributed by atoms with Gasteiger partial charge in [0.25, 0.3) is 5.91 Å². The van der Waals surface area contributed by atoms with Crippen molar-refractivity contribution in [1.82, 2.24) is 4.90 Å². The van der Waals surface area contributed by atoms with E-state index in [2.05, 4.69) is 32.9 Å². The van der Waals surface area contributed by atoms with Crippen molar-refractivity contribution < 1.29 is 19.1 Å². The molecule has 4 fully saturated rings. The van der Waals surface area contributed by atoms with E-state index in [1.807, 2.05) is 0 Å². The molecule has 1 heterocycles. The molecule has 0 spiro atoms. The number of Topliss-reactive ketones (excluding diaryl/α,β-unsaturated/α-hetero) is 1. The maximum atomic E-state index is 13.8. The van der Waals surface area contributed by atoms with Crippen LogP contribution in [-0.2, 0) is 14.3 Å². The second-order valence-electron chi connectivity index (χ2n) is 10.7. The van der Waals surface area contributed by atoms with Crippen LogP contribution in [0.2, 0.25) is 0 Å². The number of carbonyl (C=O) groups excluding carboxylic acids is 3. The van der Waals surface area contributed by atoms with Gasteiger partial charge in [0.15, 0.2) is 5.78 Å². The van der Waals surface area contributed by atoms with Gasteiger partial charge in [0.2, 0.25) is 0 Å². The molecule has 0 aromatic rings. The number of carbonyl (C=O) groups is 3. The quantitative estimate of drug-likeness (QED) is 0.652. The topological polar surface area (TPSA) is 63.7 Å². The largest absolute Gasteiger partial charge is 0.443 e. The molecule has 0 radical (unpaired) electrons. The minimum Gasteiger partial charge on any atom is -0.443 e. The summed E-state index contributed by atoms with van der Waals surface area (Å²) in [6.07, 6.45) is 6.58. The van der Waals surface area contributed by atoms with Crippen LogP contribution in [0.4, 0.5) is 4.79 Å². The van der Waals surface area contributed by atoms with Crippen LogP contribution in [0.5, 0.6) is 0 Å². The first-order chi connectivity index (χ1) is 13.2. The average molecular weight is 381 g/mol. The second kappa shape index (κ2) is 4.80. The van der Waals surface area contributed by atoms with Crippen LogP contribution in [0.25, 0.3) is 0 Å². The van der Waals surface area contributed by atoms with E-state index in [0.717, 1.165) is 19.3 Å². The van der Waals surface area contributed by atoms with Crippen molar-refractivity contribution >= 4 is 17.8 Å². The van der Waals surface area contributed by atoms with Gasteiger partial charge in [0.1, 0.15) is 6.10 Å². The second-order valence-corrected chi connectivity index (χ2v) is 10.7. The van der Waals surface area contributed by atoms with Gasteiger partial charge in [-0.3, -0.25) is 9.59 Å². The molecule has 8 atom stereocenters. The summed E-state index contributed by atoms with van der Waals surface area (Å²) >= 11 is 0. The number of fused-ring (bicyclic) bond motifs is 10. The highest BCUT2D eigenvalue weighted by atomic mass is 16.6. The highest BCUT2D eigenvalue weighted by molar-refractivity contribution is 6.14. The Bertz CT molecular complexity index is 914. The molecule has 0 N–H and O–H groups in total. The zero-order valence-corrected chi connectivity index (χ0v) is 16.9. The number of ether oxygens (including phenoxy) is 1. The zero-order chi connectivity index (χ0) is 19.7.